The maximum absolute atomic E-state index is 12.0. The van der Waals surface area contributed by atoms with Crippen LogP contribution in [-0.2, 0) is 14.3 Å². The second-order valence-electron chi connectivity index (χ2n) is 4.85. The Labute approximate surface area is 112 Å². The molecular formula is C13H22O4S. The minimum absolute atomic E-state index is 0.0655. The molecule has 1 aliphatic rings. The van der Waals surface area contributed by atoms with Crippen LogP contribution in [0, 0.1) is 11.3 Å². The first-order chi connectivity index (χ1) is 8.59. The lowest BCUT2D eigenvalue weighted by molar-refractivity contribution is -0.172. The molecule has 0 spiro atoms. The van der Waals surface area contributed by atoms with E-state index in [-0.39, 0.29) is 5.92 Å². The molecule has 0 aromatic rings. The van der Waals surface area contributed by atoms with Crippen molar-refractivity contribution in [1.29, 1.82) is 0 Å². The van der Waals surface area contributed by atoms with Crippen LogP contribution in [0.1, 0.15) is 38.5 Å². The van der Waals surface area contributed by atoms with E-state index in [9.17, 15) is 14.7 Å². The van der Waals surface area contributed by atoms with E-state index < -0.39 is 17.4 Å². The molecule has 0 aromatic heterocycles. The van der Waals surface area contributed by atoms with E-state index in [1.165, 1.54) is 7.11 Å². The molecule has 0 heterocycles. The smallest absolute Gasteiger partial charge is 0.323 e. The van der Waals surface area contributed by atoms with Crippen LogP contribution in [-0.4, -0.2) is 36.2 Å². The van der Waals surface area contributed by atoms with E-state index in [0.29, 0.717) is 6.42 Å². The van der Waals surface area contributed by atoms with Crippen LogP contribution in [0.25, 0.3) is 0 Å². The quantitative estimate of drug-likeness (QED) is 0.439. The molecule has 0 amide bonds. The van der Waals surface area contributed by atoms with Gasteiger partial charge >= 0.3 is 11.9 Å². The van der Waals surface area contributed by atoms with Gasteiger partial charge in [-0.3, -0.25) is 9.59 Å². The summed E-state index contributed by atoms with van der Waals surface area (Å²) in [5.74, 6) is -0.770. The largest absolute Gasteiger partial charge is 0.480 e. The summed E-state index contributed by atoms with van der Waals surface area (Å²) < 4.78 is 4.79. The topological polar surface area (TPSA) is 63.6 Å². The third-order valence-corrected chi connectivity index (χ3v) is 4.60. The van der Waals surface area contributed by atoms with Gasteiger partial charge in [0.25, 0.3) is 0 Å². The summed E-state index contributed by atoms with van der Waals surface area (Å²) in [6.45, 7) is 0. The molecule has 104 valence electrons. The van der Waals surface area contributed by atoms with E-state index >= 15 is 0 Å². The second kappa shape index (κ2) is 7.02. The normalized spacial score (nSPS) is 19.4. The Morgan fingerprint density at radius 2 is 2.00 bits per heavy atom. The number of rotatable bonds is 7. The molecule has 0 aliphatic heterocycles. The Morgan fingerprint density at radius 1 is 1.39 bits per heavy atom. The molecule has 1 rings (SSSR count). The summed E-state index contributed by atoms with van der Waals surface area (Å²) in [7, 11) is 1.28. The highest BCUT2D eigenvalue weighted by Gasteiger charge is 2.53. The van der Waals surface area contributed by atoms with Crippen LogP contribution in [0.3, 0.4) is 0 Å². The number of ether oxygens (including phenoxy) is 1. The van der Waals surface area contributed by atoms with Crippen molar-refractivity contribution >= 4 is 23.7 Å². The molecule has 1 N–H and O–H groups in total. The van der Waals surface area contributed by atoms with Crippen LogP contribution in [0.2, 0.25) is 0 Å². The molecule has 1 aliphatic carbocycles. The first-order valence-corrected chi connectivity index (χ1v) is 7.79. The van der Waals surface area contributed by atoms with Crippen LogP contribution in [0.5, 0.6) is 0 Å². The lowest BCUT2D eigenvalue weighted by Crippen LogP contribution is -2.46. The molecule has 1 unspecified atom stereocenters. The molecule has 18 heavy (non-hydrogen) atoms. The van der Waals surface area contributed by atoms with Gasteiger partial charge in [0.05, 0.1) is 7.11 Å². The number of carboxylic acids is 1. The van der Waals surface area contributed by atoms with Gasteiger partial charge in [0.15, 0.2) is 5.41 Å². The number of carboxylic acid groups (broad SMARTS) is 1. The third-order valence-electron chi connectivity index (χ3n) is 3.90. The Kier molecular flexibility index (Phi) is 5.99. The first-order valence-electron chi connectivity index (χ1n) is 6.40. The molecule has 1 saturated carbocycles. The highest BCUT2D eigenvalue weighted by molar-refractivity contribution is 7.98. The fourth-order valence-electron chi connectivity index (χ4n) is 2.94. The van der Waals surface area contributed by atoms with Crippen molar-refractivity contribution in [2.24, 2.45) is 11.3 Å². The number of hydrogen-bond acceptors (Lipinski definition) is 4. The fraction of sp³-hybridized carbons (Fsp3) is 0.846. The van der Waals surface area contributed by atoms with Crippen LogP contribution >= 0.6 is 11.8 Å². The number of esters is 1. The van der Waals surface area contributed by atoms with Gasteiger partial charge in [-0.1, -0.05) is 12.8 Å². The van der Waals surface area contributed by atoms with Crippen molar-refractivity contribution in [3.05, 3.63) is 0 Å². The average Bonchev–Trinajstić information content (AvgIpc) is 2.87. The molecule has 5 heteroatoms. The molecule has 0 aromatic carbocycles. The Hall–Kier alpha value is -0.710. The number of carbonyl (C=O) groups is 2. The van der Waals surface area contributed by atoms with Crippen molar-refractivity contribution < 1.29 is 19.4 Å². The molecule has 0 radical (unpaired) electrons. The summed E-state index contributed by atoms with van der Waals surface area (Å²) in [6, 6.07) is 0. The third kappa shape index (κ3) is 2.99. The fourth-order valence-corrected chi connectivity index (χ4v) is 3.37. The van der Waals surface area contributed by atoms with E-state index in [1.807, 2.05) is 6.26 Å². The second-order valence-corrected chi connectivity index (χ2v) is 5.83. The highest BCUT2D eigenvalue weighted by Crippen LogP contribution is 2.44. The van der Waals surface area contributed by atoms with Gasteiger partial charge in [0.1, 0.15) is 0 Å². The predicted molar refractivity (Wildman–Crippen MR) is 71.7 cm³/mol. The van der Waals surface area contributed by atoms with Gasteiger partial charge in [0.2, 0.25) is 0 Å². The number of methoxy groups -OCH3 is 1. The van der Waals surface area contributed by atoms with Crippen molar-refractivity contribution in [1.82, 2.24) is 0 Å². The maximum Gasteiger partial charge on any atom is 0.323 e. The van der Waals surface area contributed by atoms with Crippen molar-refractivity contribution in [2.45, 2.75) is 38.5 Å². The zero-order valence-corrected chi connectivity index (χ0v) is 11.9. The number of thioether (sulfide) groups is 1. The van der Waals surface area contributed by atoms with Gasteiger partial charge in [0, 0.05) is 0 Å². The van der Waals surface area contributed by atoms with Gasteiger partial charge in [-0.15, -0.1) is 0 Å². The lowest BCUT2D eigenvalue weighted by atomic mass is 9.71. The van der Waals surface area contributed by atoms with Crippen LogP contribution in [0.4, 0.5) is 0 Å². The average molecular weight is 274 g/mol. The molecule has 1 atom stereocenters. The highest BCUT2D eigenvalue weighted by atomic mass is 32.2. The minimum Gasteiger partial charge on any atom is -0.480 e. The van der Waals surface area contributed by atoms with Crippen molar-refractivity contribution in [2.75, 3.05) is 19.1 Å². The summed E-state index contributed by atoms with van der Waals surface area (Å²) in [6.07, 6.45) is 6.77. The minimum atomic E-state index is -1.32. The molecule has 1 fully saturated rings. The standard InChI is InChI=1S/C13H22O4S/c1-17-12(16)13(11(14)15,8-5-9-18-2)10-6-3-4-7-10/h10H,3-9H2,1-2H3,(H,14,15). The summed E-state index contributed by atoms with van der Waals surface area (Å²) in [5.41, 5.74) is -1.32. The van der Waals surface area contributed by atoms with Crippen LogP contribution in [0.15, 0.2) is 0 Å². The van der Waals surface area contributed by atoms with E-state index in [2.05, 4.69) is 0 Å². The Bertz CT molecular complexity index is 299. The van der Waals surface area contributed by atoms with Gasteiger partial charge in [-0.05, 0) is 43.6 Å². The summed E-state index contributed by atoms with van der Waals surface area (Å²) in [4.78, 5) is 23.7. The summed E-state index contributed by atoms with van der Waals surface area (Å²) >= 11 is 1.67. The van der Waals surface area contributed by atoms with Gasteiger partial charge in [-0.2, -0.15) is 11.8 Å². The zero-order valence-electron chi connectivity index (χ0n) is 11.1. The Balaban J connectivity index is 2.93. The monoisotopic (exact) mass is 274 g/mol. The zero-order chi connectivity index (χ0) is 13.6. The SMILES string of the molecule is COC(=O)C(CCCSC)(C(=O)O)C1CCCC1. The molecular weight excluding hydrogens is 252 g/mol. The van der Waals surface area contributed by atoms with E-state index in [0.717, 1.165) is 37.9 Å². The predicted octanol–water partition coefficient (Wildman–Crippen LogP) is 2.56. The Morgan fingerprint density at radius 3 is 2.44 bits per heavy atom. The van der Waals surface area contributed by atoms with Crippen molar-refractivity contribution in [3.8, 4) is 0 Å². The van der Waals surface area contributed by atoms with Gasteiger partial charge < -0.3 is 9.84 Å². The molecule has 0 bridgehead atoms. The maximum atomic E-state index is 12.0. The van der Waals surface area contributed by atoms with Crippen molar-refractivity contribution in [3.63, 3.8) is 0 Å². The molecule has 4 nitrogen and oxygen atoms in total. The van der Waals surface area contributed by atoms with Gasteiger partial charge in [-0.25, -0.2) is 0 Å². The number of hydrogen-bond donors (Lipinski definition) is 1. The van der Waals surface area contributed by atoms with E-state index in [1.54, 1.807) is 11.8 Å². The molecule has 0 saturated heterocycles. The number of carbonyl (C=O) groups excluding carboxylic acids is 1. The van der Waals surface area contributed by atoms with E-state index in [4.69, 9.17) is 4.74 Å². The lowest BCUT2D eigenvalue weighted by Gasteiger charge is -2.32. The van der Waals surface area contributed by atoms with Crippen LogP contribution < -0.4 is 0 Å². The first kappa shape index (κ1) is 15.3. The summed E-state index contributed by atoms with van der Waals surface area (Å²) in [5, 5.41) is 9.58. The number of aliphatic carboxylic acids is 1.